The summed E-state index contributed by atoms with van der Waals surface area (Å²) in [5.74, 6) is 0.245. The first-order chi connectivity index (χ1) is 11.0. The number of amides is 2. The van der Waals surface area contributed by atoms with Gasteiger partial charge in [0, 0.05) is 20.0 Å². The lowest BCUT2D eigenvalue weighted by Crippen LogP contribution is -2.35. The summed E-state index contributed by atoms with van der Waals surface area (Å²) in [5.41, 5.74) is 6.98. The molecule has 0 bridgehead atoms. The number of hydrogen-bond acceptors (Lipinski definition) is 5. The molecule has 1 heterocycles. The zero-order chi connectivity index (χ0) is 16.8. The summed E-state index contributed by atoms with van der Waals surface area (Å²) in [6.45, 7) is 2.21. The molecule has 134 valence electrons. The van der Waals surface area contributed by atoms with Gasteiger partial charge in [0.15, 0.2) is 0 Å². The van der Waals surface area contributed by atoms with Crippen LogP contribution in [0.4, 0.5) is 5.69 Å². The van der Waals surface area contributed by atoms with Gasteiger partial charge in [-0.25, -0.2) is 0 Å². The Hall–Kier alpha value is -1.83. The van der Waals surface area contributed by atoms with Gasteiger partial charge >= 0.3 is 0 Å². The first kappa shape index (κ1) is 20.2. The predicted octanol–water partition coefficient (Wildman–Crippen LogP) is 1.20. The summed E-state index contributed by atoms with van der Waals surface area (Å²) >= 11 is 0. The van der Waals surface area contributed by atoms with Gasteiger partial charge in [0.25, 0.3) is 0 Å². The van der Waals surface area contributed by atoms with Crippen LogP contribution < -0.4 is 21.1 Å². The van der Waals surface area contributed by atoms with E-state index in [0.29, 0.717) is 30.9 Å². The van der Waals surface area contributed by atoms with Crippen molar-refractivity contribution in [3.8, 4) is 5.75 Å². The number of ether oxygens (including phenoxy) is 2. The van der Waals surface area contributed by atoms with Crippen molar-refractivity contribution < 1.29 is 19.1 Å². The van der Waals surface area contributed by atoms with Gasteiger partial charge in [0.05, 0.1) is 18.9 Å². The lowest BCUT2D eigenvalue weighted by Gasteiger charge is -2.14. The van der Waals surface area contributed by atoms with Crippen molar-refractivity contribution in [1.29, 1.82) is 0 Å². The van der Waals surface area contributed by atoms with E-state index >= 15 is 0 Å². The summed E-state index contributed by atoms with van der Waals surface area (Å²) < 4.78 is 10.8. The third-order valence-corrected chi connectivity index (χ3v) is 3.70. The molecule has 1 aliphatic rings. The smallest absolute Gasteiger partial charge is 0.249 e. The van der Waals surface area contributed by atoms with Crippen LogP contribution in [0.3, 0.4) is 0 Å². The number of anilines is 1. The maximum absolute atomic E-state index is 12.1. The Labute approximate surface area is 147 Å². The number of rotatable bonds is 6. The van der Waals surface area contributed by atoms with Crippen molar-refractivity contribution in [2.45, 2.75) is 38.5 Å². The van der Waals surface area contributed by atoms with Crippen LogP contribution in [0, 0.1) is 0 Å². The molecule has 1 aromatic rings. The maximum atomic E-state index is 12.1. The first-order valence-electron chi connectivity index (χ1n) is 7.61. The summed E-state index contributed by atoms with van der Waals surface area (Å²) in [6.07, 6.45) is 1.03. The molecule has 4 N–H and O–H groups in total. The van der Waals surface area contributed by atoms with Gasteiger partial charge in [-0.3, -0.25) is 9.59 Å². The average molecular weight is 358 g/mol. The Morgan fingerprint density at radius 3 is 2.71 bits per heavy atom. The van der Waals surface area contributed by atoms with E-state index < -0.39 is 6.10 Å². The molecule has 7 nitrogen and oxygen atoms in total. The Kier molecular flexibility index (Phi) is 7.97. The van der Waals surface area contributed by atoms with Gasteiger partial charge < -0.3 is 25.8 Å². The lowest BCUT2D eigenvalue weighted by atomic mass is 10.1. The summed E-state index contributed by atoms with van der Waals surface area (Å²) in [5, 5.41) is 5.55. The van der Waals surface area contributed by atoms with Crippen LogP contribution in [0.25, 0.3) is 0 Å². The van der Waals surface area contributed by atoms with Crippen LogP contribution in [0.5, 0.6) is 5.75 Å². The van der Waals surface area contributed by atoms with Crippen LogP contribution in [-0.2, 0) is 20.9 Å². The summed E-state index contributed by atoms with van der Waals surface area (Å²) in [6, 6.07) is 5.37. The molecule has 0 aromatic heterocycles. The summed E-state index contributed by atoms with van der Waals surface area (Å²) in [7, 11) is 1.54. The fraction of sp³-hybridized carbons (Fsp3) is 0.500. The molecule has 1 saturated heterocycles. The molecular weight excluding hydrogens is 334 g/mol. The third-order valence-electron chi connectivity index (χ3n) is 3.70. The molecule has 1 aromatic carbocycles. The van der Waals surface area contributed by atoms with Gasteiger partial charge in [0.2, 0.25) is 11.8 Å². The number of nitrogens with two attached hydrogens (primary N) is 1. The van der Waals surface area contributed by atoms with Crippen molar-refractivity contribution in [3.05, 3.63) is 23.8 Å². The lowest BCUT2D eigenvalue weighted by molar-refractivity contribution is -0.132. The molecule has 2 atom stereocenters. The number of benzene rings is 1. The highest BCUT2D eigenvalue weighted by Crippen LogP contribution is 2.25. The zero-order valence-corrected chi connectivity index (χ0v) is 14.7. The Balaban J connectivity index is 0.00000288. The highest BCUT2D eigenvalue weighted by Gasteiger charge is 2.29. The molecule has 1 aliphatic heterocycles. The minimum Gasteiger partial charge on any atom is -0.495 e. The van der Waals surface area contributed by atoms with E-state index in [-0.39, 0.29) is 30.3 Å². The van der Waals surface area contributed by atoms with Crippen molar-refractivity contribution in [1.82, 2.24) is 5.32 Å². The van der Waals surface area contributed by atoms with Gasteiger partial charge in [-0.1, -0.05) is 6.07 Å². The quantitative estimate of drug-likeness (QED) is 0.709. The van der Waals surface area contributed by atoms with Crippen molar-refractivity contribution in [3.63, 3.8) is 0 Å². The van der Waals surface area contributed by atoms with E-state index in [9.17, 15) is 9.59 Å². The second kappa shape index (κ2) is 9.46. The van der Waals surface area contributed by atoms with E-state index in [4.69, 9.17) is 15.2 Å². The highest BCUT2D eigenvalue weighted by atomic mass is 35.5. The SMILES string of the molecule is COc1ccc(CNC(=O)[C@@H]2CC[C@H](CN)O2)cc1NC(C)=O.Cl. The van der Waals surface area contributed by atoms with E-state index in [1.165, 1.54) is 14.0 Å². The molecule has 2 amide bonds. The second-order valence-electron chi connectivity index (χ2n) is 5.49. The standard InChI is InChI=1S/C16H23N3O4.ClH/c1-10(20)19-13-7-11(3-5-14(13)22-2)9-18-16(21)15-6-4-12(8-17)23-15;/h3,5,7,12,15H,4,6,8-9,17H2,1-2H3,(H,18,21)(H,19,20);1H/t12-,15+;/m1./s1. The molecule has 0 radical (unpaired) electrons. The molecule has 0 saturated carbocycles. The number of halogens is 1. The normalized spacial score (nSPS) is 19.3. The van der Waals surface area contributed by atoms with Crippen LogP contribution in [-0.4, -0.2) is 37.7 Å². The Morgan fingerprint density at radius 1 is 1.38 bits per heavy atom. The Morgan fingerprint density at radius 2 is 2.12 bits per heavy atom. The van der Waals surface area contributed by atoms with Crippen molar-refractivity contribution in [2.75, 3.05) is 19.0 Å². The minimum absolute atomic E-state index is 0. The number of nitrogens with one attached hydrogen (secondary N) is 2. The van der Waals surface area contributed by atoms with Crippen LogP contribution in [0.15, 0.2) is 18.2 Å². The molecule has 0 unspecified atom stereocenters. The molecule has 2 rings (SSSR count). The van der Waals surface area contributed by atoms with Crippen molar-refractivity contribution >= 4 is 29.9 Å². The number of methoxy groups -OCH3 is 1. The minimum atomic E-state index is -0.434. The number of carbonyl (C=O) groups excluding carboxylic acids is 2. The van der Waals surface area contributed by atoms with Gasteiger partial charge in [-0.2, -0.15) is 0 Å². The fourth-order valence-electron chi connectivity index (χ4n) is 2.53. The largest absolute Gasteiger partial charge is 0.495 e. The van der Waals surface area contributed by atoms with Gasteiger partial charge in [0.1, 0.15) is 11.9 Å². The second-order valence-corrected chi connectivity index (χ2v) is 5.49. The van der Waals surface area contributed by atoms with Crippen LogP contribution in [0.1, 0.15) is 25.3 Å². The molecule has 0 spiro atoms. The van der Waals surface area contributed by atoms with E-state index in [2.05, 4.69) is 10.6 Å². The fourth-order valence-corrected chi connectivity index (χ4v) is 2.53. The third kappa shape index (κ3) is 5.36. The average Bonchev–Trinajstić information content (AvgIpc) is 3.01. The summed E-state index contributed by atoms with van der Waals surface area (Å²) in [4.78, 5) is 23.3. The highest BCUT2D eigenvalue weighted by molar-refractivity contribution is 5.90. The van der Waals surface area contributed by atoms with Gasteiger partial charge in [-0.05, 0) is 30.5 Å². The molecule has 8 heteroatoms. The predicted molar refractivity (Wildman–Crippen MR) is 93.3 cm³/mol. The Bertz CT molecular complexity index is 582. The van der Waals surface area contributed by atoms with Crippen molar-refractivity contribution in [2.24, 2.45) is 5.73 Å². The van der Waals surface area contributed by atoms with E-state index in [0.717, 1.165) is 12.0 Å². The zero-order valence-electron chi connectivity index (χ0n) is 13.8. The number of hydrogen-bond donors (Lipinski definition) is 3. The van der Waals surface area contributed by atoms with Crippen LogP contribution >= 0.6 is 12.4 Å². The maximum Gasteiger partial charge on any atom is 0.249 e. The molecular formula is C16H24ClN3O4. The van der Waals surface area contributed by atoms with Gasteiger partial charge in [-0.15, -0.1) is 12.4 Å². The monoisotopic (exact) mass is 357 g/mol. The molecule has 0 aliphatic carbocycles. The van der Waals surface area contributed by atoms with Crippen LogP contribution in [0.2, 0.25) is 0 Å². The number of carbonyl (C=O) groups is 2. The topological polar surface area (TPSA) is 103 Å². The van der Waals surface area contributed by atoms with E-state index in [1.54, 1.807) is 12.1 Å². The first-order valence-corrected chi connectivity index (χ1v) is 7.61. The molecule has 1 fully saturated rings. The van der Waals surface area contributed by atoms with E-state index in [1.807, 2.05) is 6.07 Å². The molecule has 24 heavy (non-hydrogen) atoms.